The van der Waals surface area contributed by atoms with E-state index in [1.165, 1.54) is 18.2 Å². The second-order valence-electron chi connectivity index (χ2n) is 4.93. The highest BCUT2D eigenvalue weighted by Crippen LogP contribution is 2.10. The van der Waals surface area contributed by atoms with Crippen LogP contribution in [0.3, 0.4) is 0 Å². The molecule has 2 rings (SSSR count). The first-order chi connectivity index (χ1) is 9.72. The first-order valence-electron chi connectivity index (χ1n) is 6.96. The second kappa shape index (κ2) is 7.34. The van der Waals surface area contributed by atoms with E-state index in [9.17, 15) is 4.39 Å². The smallest absolute Gasteiger partial charge is 0.123 e. The quantitative estimate of drug-likeness (QED) is 0.886. The molecule has 1 unspecified atom stereocenters. The summed E-state index contributed by atoms with van der Waals surface area (Å²) in [4.78, 5) is 2.35. The standard InChI is InChI=1S/C15H20FN3O/c1-2-19-5-6-20-15(11-19)10-18-9-13-7-14(16)4-3-12(13)8-17/h3-4,7,15,18H,2,5-6,9-11H2,1H3. The van der Waals surface area contributed by atoms with Crippen molar-refractivity contribution < 1.29 is 9.13 Å². The molecule has 0 aromatic heterocycles. The van der Waals surface area contributed by atoms with Gasteiger partial charge in [0.05, 0.1) is 24.3 Å². The Kier molecular flexibility index (Phi) is 5.48. The zero-order chi connectivity index (χ0) is 14.4. The largest absolute Gasteiger partial charge is 0.374 e. The number of nitrogens with one attached hydrogen (secondary N) is 1. The highest BCUT2D eigenvalue weighted by molar-refractivity contribution is 5.37. The predicted octanol–water partition coefficient (Wildman–Crippen LogP) is 1.51. The van der Waals surface area contributed by atoms with Crippen molar-refractivity contribution >= 4 is 0 Å². The van der Waals surface area contributed by atoms with Gasteiger partial charge in [0.2, 0.25) is 0 Å². The van der Waals surface area contributed by atoms with Crippen molar-refractivity contribution in [3.8, 4) is 6.07 Å². The third kappa shape index (κ3) is 4.01. The van der Waals surface area contributed by atoms with Gasteiger partial charge in [-0.1, -0.05) is 6.92 Å². The number of benzene rings is 1. The van der Waals surface area contributed by atoms with Crippen LogP contribution in [0.4, 0.5) is 4.39 Å². The van der Waals surface area contributed by atoms with Crippen LogP contribution in [0, 0.1) is 17.1 Å². The van der Waals surface area contributed by atoms with E-state index in [4.69, 9.17) is 10.00 Å². The Bertz CT molecular complexity index is 486. The fraction of sp³-hybridized carbons (Fsp3) is 0.533. The van der Waals surface area contributed by atoms with Gasteiger partial charge < -0.3 is 10.1 Å². The van der Waals surface area contributed by atoms with E-state index >= 15 is 0 Å². The molecule has 4 nitrogen and oxygen atoms in total. The number of nitriles is 1. The van der Waals surface area contributed by atoms with Crippen molar-refractivity contribution in [3.63, 3.8) is 0 Å². The SMILES string of the molecule is CCN1CCOC(CNCc2cc(F)ccc2C#N)C1. The average molecular weight is 277 g/mol. The van der Waals surface area contributed by atoms with Crippen LogP contribution in [-0.4, -0.2) is 43.8 Å². The third-order valence-corrected chi connectivity index (χ3v) is 3.55. The molecule has 108 valence electrons. The molecule has 0 bridgehead atoms. The van der Waals surface area contributed by atoms with Crippen LogP contribution in [-0.2, 0) is 11.3 Å². The summed E-state index contributed by atoms with van der Waals surface area (Å²) in [6.45, 7) is 7.01. The summed E-state index contributed by atoms with van der Waals surface area (Å²) >= 11 is 0. The maximum absolute atomic E-state index is 13.2. The molecule has 5 heteroatoms. The minimum absolute atomic E-state index is 0.155. The lowest BCUT2D eigenvalue weighted by molar-refractivity contribution is -0.0253. The van der Waals surface area contributed by atoms with Crippen molar-refractivity contribution in [1.82, 2.24) is 10.2 Å². The second-order valence-corrected chi connectivity index (χ2v) is 4.93. The Hall–Kier alpha value is -1.48. The molecule has 1 aromatic carbocycles. The van der Waals surface area contributed by atoms with Gasteiger partial charge in [-0.2, -0.15) is 5.26 Å². The number of likely N-dealkylation sites (N-methyl/N-ethyl adjacent to an activating group) is 1. The maximum atomic E-state index is 13.2. The minimum Gasteiger partial charge on any atom is -0.374 e. The third-order valence-electron chi connectivity index (χ3n) is 3.55. The molecule has 1 aromatic rings. The highest BCUT2D eigenvalue weighted by Gasteiger charge is 2.18. The van der Waals surface area contributed by atoms with Crippen LogP contribution in [0.15, 0.2) is 18.2 Å². The number of nitrogens with zero attached hydrogens (tertiary/aromatic N) is 2. The van der Waals surface area contributed by atoms with Crippen LogP contribution in [0.1, 0.15) is 18.1 Å². The van der Waals surface area contributed by atoms with E-state index in [-0.39, 0.29) is 11.9 Å². The molecule has 0 spiro atoms. The average Bonchev–Trinajstić information content (AvgIpc) is 2.48. The van der Waals surface area contributed by atoms with E-state index in [0.29, 0.717) is 24.2 Å². The summed E-state index contributed by atoms with van der Waals surface area (Å²) < 4.78 is 18.9. The topological polar surface area (TPSA) is 48.3 Å². The molecule has 1 aliphatic heterocycles. The first kappa shape index (κ1) is 14.9. The van der Waals surface area contributed by atoms with E-state index in [1.54, 1.807) is 0 Å². The summed E-state index contributed by atoms with van der Waals surface area (Å²) in [6.07, 6.45) is 0.155. The lowest BCUT2D eigenvalue weighted by atomic mass is 10.1. The highest BCUT2D eigenvalue weighted by atomic mass is 19.1. The number of morpholine rings is 1. The number of ether oxygens (including phenoxy) is 1. The van der Waals surface area contributed by atoms with Crippen LogP contribution in [0.2, 0.25) is 0 Å². The molecular formula is C15H20FN3O. The Balaban J connectivity index is 1.84. The van der Waals surface area contributed by atoms with Crippen molar-refractivity contribution in [2.45, 2.75) is 19.6 Å². The molecule has 0 saturated carbocycles. The zero-order valence-corrected chi connectivity index (χ0v) is 11.7. The minimum atomic E-state index is -0.313. The van der Waals surface area contributed by atoms with Crippen molar-refractivity contribution in [2.24, 2.45) is 0 Å². The Labute approximate surface area is 119 Å². The zero-order valence-electron chi connectivity index (χ0n) is 11.7. The summed E-state index contributed by atoms with van der Waals surface area (Å²) in [7, 11) is 0. The summed E-state index contributed by atoms with van der Waals surface area (Å²) in [5.74, 6) is -0.313. The lowest BCUT2D eigenvalue weighted by Crippen LogP contribution is -2.46. The van der Waals surface area contributed by atoms with Crippen LogP contribution >= 0.6 is 0 Å². The molecule has 1 heterocycles. The van der Waals surface area contributed by atoms with Gasteiger partial charge in [-0.25, -0.2) is 4.39 Å². The molecule has 0 radical (unpaired) electrons. The van der Waals surface area contributed by atoms with Gasteiger partial charge in [0.1, 0.15) is 5.82 Å². The summed E-state index contributed by atoms with van der Waals surface area (Å²) in [5, 5.41) is 12.2. The first-order valence-corrected chi connectivity index (χ1v) is 6.96. The fourth-order valence-corrected chi connectivity index (χ4v) is 2.38. The van der Waals surface area contributed by atoms with Crippen molar-refractivity contribution in [1.29, 1.82) is 5.26 Å². The number of hydrogen-bond donors (Lipinski definition) is 1. The van der Waals surface area contributed by atoms with E-state index in [2.05, 4.69) is 23.2 Å². The number of hydrogen-bond acceptors (Lipinski definition) is 4. The normalized spacial score (nSPS) is 19.8. The maximum Gasteiger partial charge on any atom is 0.123 e. The molecule has 1 saturated heterocycles. The van der Waals surface area contributed by atoms with Gasteiger partial charge in [0.15, 0.2) is 0 Å². The predicted molar refractivity (Wildman–Crippen MR) is 74.7 cm³/mol. The van der Waals surface area contributed by atoms with Gasteiger partial charge in [-0.3, -0.25) is 4.90 Å². The molecule has 0 aliphatic carbocycles. The van der Waals surface area contributed by atoms with Crippen LogP contribution < -0.4 is 5.32 Å². The lowest BCUT2D eigenvalue weighted by Gasteiger charge is -2.32. The van der Waals surface area contributed by atoms with Gasteiger partial charge >= 0.3 is 0 Å². The molecule has 20 heavy (non-hydrogen) atoms. The monoisotopic (exact) mass is 277 g/mol. The number of rotatable bonds is 5. The van der Waals surface area contributed by atoms with Crippen molar-refractivity contribution in [3.05, 3.63) is 35.1 Å². The van der Waals surface area contributed by atoms with Gasteiger partial charge in [0, 0.05) is 26.2 Å². The van der Waals surface area contributed by atoms with Crippen molar-refractivity contribution in [2.75, 3.05) is 32.8 Å². The summed E-state index contributed by atoms with van der Waals surface area (Å²) in [5.41, 5.74) is 1.20. The Morgan fingerprint density at radius 3 is 3.15 bits per heavy atom. The molecule has 0 amide bonds. The van der Waals surface area contributed by atoms with Gasteiger partial charge in [-0.05, 0) is 30.3 Å². The Morgan fingerprint density at radius 2 is 2.40 bits per heavy atom. The summed E-state index contributed by atoms with van der Waals surface area (Å²) in [6, 6.07) is 6.32. The molecular weight excluding hydrogens is 257 g/mol. The molecule has 1 fully saturated rings. The van der Waals surface area contributed by atoms with E-state index in [1.807, 2.05) is 0 Å². The van der Waals surface area contributed by atoms with Crippen LogP contribution in [0.5, 0.6) is 0 Å². The van der Waals surface area contributed by atoms with E-state index in [0.717, 1.165) is 26.2 Å². The van der Waals surface area contributed by atoms with Gasteiger partial charge in [-0.15, -0.1) is 0 Å². The Morgan fingerprint density at radius 1 is 1.55 bits per heavy atom. The molecule has 1 N–H and O–H groups in total. The van der Waals surface area contributed by atoms with Gasteiger partial charge in [0.25, 0.3) is 0 Å². The number of halogens is 1. The fourth-order valence-electron chi connectivity index (χ4n) is 2.38. The molecule has 1 aliphatic rings. The molecule has 1 atom stereocenters. The van der Waals surface area contributed by atoms with Crippen LogP contribution in [0.25, 0.3) is 0 Å². The van der Waals surface area contributed by atoms with E-state index < -0.39 is 0 Å².